The Hall–Kier alpha value is -2.74. The smallest absolute Gasteiger partial charge is 0.317 e. The maximum absolute atomic E-state index is 12.8. The maximum atomic E-state index is 12.8. The van der Waals surface area contributed by atoms with E-state index in [1.54, 1.807) is 4.90 Å². The molecule has 1 aliphatic rings. The van der Waals surface area contributed by atoms with Gasteiger partial charge in [-0.15, -0.1) is 0 Å². The molecule has 27 heavy (non-hydrogen) atoms. The molecule has 1 unspecified atom stereocenters. The van der Waals surface area contributed by atoms with Crippen LogP contribution < -0.4 is 4.74 Å². The Morgan fingerprint density at radius 2 is 2.00 bits per heavy atom. The van der Waals surface area contributed by atoms with E-state index in [1.165, 1.54) is 18.2 Å². The molecule has 1 aromatic heterocycles. The van der Waals surface area contributed by atoms with Gasteiger partial charge in [-0.1, -0.05) is 11.6 Å². The molecule has 1 aliphatic heterocycles. The minimum absolute atomic E-state index is 0.120. The number of carbonyl (C=O) groups excluding carboxylic acids is 1. The summed E-state index contributed by atoms with van der Waals surface area (Å²) >= 11 is 6.09. The van der Waals surface area contributed by atoms with Crippen LogP contribution in [0.3, 0.4) is 0 Å². The zero-order valence-electron chi connectivity index (χ0n) is 15.0. The van der Waals surface area contributed by atoms with Crippen molar-refractivity contribution in [1.82, 2.24) is 14.9 Å². The number of benzene rings is 1. The van der Waals surface area contributed by atoms with Gasteiger partial charge in [-0.25, -0.2) is 9.97 Å². The predicted octanol–water partition coefficient (Wildman–Crippen LogP) is 3.34. The summed E-state index contributed by atoms with van der Waals surface area (Å²) < 4.78 is 5.87. The van der Waals surface area contributed by atoms with E-state index >= 15 is 0 Å². The van der Waals surface area contributed by atoms with E-state index in [2.05, 4.69) is 9.97 Å². The number of nitrogens with zero attached hydrogens (tertiary/aromatic N) is 4. The van der Waals surface area contributed by atoms with Gasteiger partial charge in [0, 0.05) is 30.1 Å². The van der Waals surface area contributed by atoms with Crippen LogP contribution in [0.2, 0.25) is 5.02 Å². The lowest BCUT2D eigenvalue weighted by Crippen LogP contribution is -2.44. The van der Waals surface area contributed by atoms with Gasteiger partial charge in [0.15, 0.2) is 0 Å². The first kappa shape index (κ1) is 19.0. The molecule has 2 heterocycles. The van der Waals surface area contributed by atoms with Gasteiger partial charge < -0.3 is 9.64 Å². The maximum Gasteiger partial charge on any atom is 0.317 e. The van der Waals surface area contributed by atoms with Gasteiger partial charge in [0.05, 0.1) is 22.1 Å². The third-order valence-corrected chi connectivity index (χ3v) is 4.62. The molecule has 0 radical (unpaired) electrons. The molecule has 0 aliphatic carbocycles. The molecule has 1 amide bonds. The number of amides is 1. The topological polar surface area (TPSA) is 98.5 Å². The molecule has 0 spiro atoms. The molecule has 3 rings (SSSR count). The fourth-order valence-corrected chi connectivity index (χ4v) is 3.27. The van der Waals surface area contributed by atoms with E-state index in [0.29, 0.717) is 19.1 Å². The Morgan fingerprint density at radius 3 is 2.67 bits per heavy atom. The average Bonchev–Trinajstić information content (AvgIpc) is 2.60. The van der Waals surface area contributed by atoms with Crippen molar-refractivity contribution >= 4 is 23.2 Å². The van der Waals surface area contributed by atoms with Gasteiger partial charge in [-0.05, 0) is 38.8 Å². The molecule has 1 aromatic carbocycles. The molecule has 0 bridgehead atoms. The highest BCUT2D eigenvalue weighted by Crippen LogP contribution is 2.25. The van der Waals surface area contributed by atoms with E-state index in [0.717, 1.165) is 24.2 Å². The lowest BCUT2D eigenvalue weighted by atomic mass is 10.1. The number of hydrogen-bond donors (Lipinski definition) is 0. The van der Waals surface area contributed by atoms with Crippen molar-refractivity contribution in [3.63, 3.8) is 0 Å². The van der Waals surface area contributed by atoms with Crippen LogP contribution in [0, 0.1) is 24.0 Å². The molecular formula is C18H19ClN4O4. The molecule has 0 saturated carbocycles. The zero-order valence-corrected chi connectivity index (χ0v) is 15.8. The van der Waals surface area contributed by atoms with Crippen LogP contribution in [0.25, 0.3) is 0 Å². The van der Waals surface area contributed by atoms with Gasteiger partial charge in [-0.3, -0.25) is 14.9 Å². The summed E-state index contributed by atoms with van der Waals surface area (Å²) in [5.74, 6) is -0.349. The predicted molar refractivity (Wildman–Crippen MR) is 99.2 cm³/mol. The van der Waals surface area contributed by atoms with E-state index in [-0.39, 0.29) is 28.3 Å². The number of aryl methyl sites for hydroxylation is 2. The van der Waals surface area contributed by atoms with Crippen molar-refractivity contribution in [3.8, 4) is 6.01 Å². The number of hydrogen-bond acceptors (Lipinski definition) is 6. The summed E-state index contributed by atoms with van der Waals surface area (Å²) in [5.41, 5.74) is 1.57. The Labute approximate surface area is 161 Å². The molecule has 1 fully saturated rings. The number of rotatable bonds is 4. The highest BCUT2D eigenvalue weighted by atomic mass is 35.5. The lowest BCUT2D eigenvalue weighted by molar-refractivity contribution is -0.384. The standard InChI is InChI=1S/C18H19ClN4O4/c1-11-8-12(2)21-18(20-11)27-14-4-3-7-22(10-14)17(24)15-9-13(23(25)26)5-6-16(15)19/h5-6,8-9,14H,3-4,7,10H2,1-2H3. The first-order valence-electron chi connectivity index (χ1n) is 8.55. The molecular weight excluding hydrogens is 372 g/mol. The fourth-order valence-electron chi connectivity index (χ4n) is 3.08. The van der Waals surface area contributed by atoms with Crippen molar-refractivity contribution in [2.75, 3.05) is 13.1 Å². The van der Waals surface area contributed by atoms with Gasteiger partial charge in [-0.2, -0.15) is 0 Å². The molecule has 2 aromatic rings. The minimum Gasteiger partial charge on any atom is -0.458 e. The Kier molecular flexibility index (Phi) is 5.55. The summed E-state index contributed by atoms with van der Waals surface area (Å²) in [6, 6.07) is 6.00. The first-order valence-corrected chi connectivity index (χ1v) is 8.93. The van der Waals surface area contributed by atoms with Crippen molar-refractivity contribution < 1.29 is 14.5 Å². The highest BCUT2D eigenvalue weighted by molar-refractivity contribution is 6.33. The second-order valence-electron chi connectivity index (χ2n) is 6.49. The van der Waals surface area contributed by atoms with Crippen molar-refractivity contribution in [3.05, 3.63) is 56.4 Å². The Balaban J connectivity index is 1.75. The second kappa shape index (κ2) is 7.87. The van der Waals surface area contributed by atoms with Crippen LogP contribution >= 0.6 is 11.6 Å². The monoisotopic (exact) mass is 390 g/mol. The molecule has 8 nitrogen and oxygen atoms in total. The third kappa shape index (κ3) is 4.51. The van der Waals surface area contributed by atoms with Crippen LogP contribution in [0.15, 0.2) is 24.3 Å². The quantitative estimate of drug-likeness (QED) is 0.586. The zero-order chi connectivity index (χ0) is 19.6. The number of nitro groups is 1. The van der Waals surface area contributed by atoms with Crippen LogP contribution in [0.1, 0.15) is 34.6 Å². The van der Waals surface area contributed by atoms with E-state index in [1.807, 2.05) is 19.9 Å². The van der Waals surface area contributed by atoms with Crippen LogP contribution in [0.4, 0.5) is 5.69 Å². The molecule has 142 valence electrons. The number of likely N-dealkylation sites (tertiary alicyclic amines) is 1. The van der Waals surface area contributed by atoms with Crippen molar-refractivity contribution in [2.45, 2.75) is 32.8 Å². The summed E-state index contributed by atoms with van der Waals surface area (Å²) in [5, 5.41) is 11.2. The lowest BCUT2D eigenvalue weighted by Gasteiger charge is -2.32. The van der Waals surface area contributed by atoms with Gasteiger partial charge in [0.25, 0.3) is 11.6 Å². The first-order chi connectivity index (χ1) is 12.8. The van der Waals surface area contributed by atoms with Crippen LogP contribution in [-0.2, 0) is 0 Å². The number of halogens is 1. The van der Waals surface area contributed by atoms with E-state index in [9.17, 15) is 14.9 Å². The average molecular weight is 391 g/mol. The van der Waals surface area contributed by atoms with E-state index < -0.39 is 4.92 Å². The summed E-state index contributed by atoms with van der Waals surface area (Å²) in [6.45, 7) is 4.60. The van der Waals surface area contributed by atoms with E-state index in [4.69, 9.17) is 16.3 Å². The number of nitro benzene ring substituents is 1. The number of ether oxygens (including phenoxy) is 1. The minimum atomic E-state index is -0.549. The van der Waals surface area contributed by atoms with Gasteiger partial charge in [0.1, 0.15) is 6.10 Å². The molecule has 1 atom stereocenters. The third-order valence-electron chi connectivity index (χ3n) is 4.29. The molecule has 9 heteroatoms. The van der Waals surface area contributed by atoms with Gasteiger partial charge >= 0.3 is 6.01 Å². The number of piperidine rings is 1. The second-order valence-corrected chi connectivity index (χ2v) is 6.89. The van der Waals surface area contributed by atoms with Crippen molar-refractivity contribution in [2.24, 2.45) is 0 Å². The summed E-state index contributed by atoms with van der Waals surface area (Å²) in [7, 11) is 0. The SMILES string of the molecule is Cc1cc(C)nc(OC2CCCN(C(=O)c3cc([N+](=O)[O-])ccc3Cl)C2)n1. The number of aromatic nitrogens is 2. The molecule has 0 N–H and O–H groups in total. The normalized spacial score (nSPS) is 16.9. The van der Waals surface area contributed by atoms with Crippen molar-refractivity contribution in [1.29, 1.82) is 0 Å². The number of carbonyl (C=O) groups is 1. The number of non-ortho nitro benzene ring substituents is 1. The fraction of sp³-hybridized carbons (Fsp3) is 0.389. The highest BCUT2D eigenvalue weighted by Gasteiger charge is 2.28. The van der Waals surface area contributed by atoms with Crippen LogP contribution in [-0.4, -0.2) is 44.9 Å². The van der Waals surface area contributed by atoms with Gasteiger partial charge in [0.2, 0.25) is 0 Å². The Morgan fingerprint density at radius 1 is 1.30 bits per heavy atom. The largest absolute Gasteiger partial charge is 0.458 e. The Bertz CT molecular complexity index is 869. The molecule has 1 saturated heterocycles. The summed E-state index contributed by atoms with van der Waals surface area (Å²) in [4.78, 5) is 33.4. The van der Waals surface area contributed by atoms with Crippen LogP contribution in [0.5, 0.6) is 6.01 Å². The summed E-state index contributed by atoms with van der Waals surface area (Å²) in [6.07, 6.45) is 1.26.